The molecule has 28 heavy (non-hydrogen) atoms. The molecule has 10 nitrogen and oxygen atoms in total. The molecule has 10 heteroatoms. The Hall–Kier alpha value is -2.79. The van der Waals surface area contributed by atoms with Crippen LogP contribution in [0.1, 0.15) is 17.4 Å². The fourth-order valence-electron chi connectivity index (χ4n) is 3.34. The SMILES string of the molecule is Cc1ccc(Cn2c(N)nc3c(ncn3[C@@H]3O[C@H](CO)[C@@H](O)[C@H]3O)c2=O)cc1. The molecule has 1 saturated heterocycles. The Bertz CT molecular complexity index is 1060. The van der Waals surface area contributed by atoms with E-state index in [4.69, 9.17) is 10.5 Å². The van der Waals surface area contributed by atoms with E-state index in [-0.39, 0.29) is 23.7 Å². The summed E-state index contributed by atoms with van der Waals surface area (Å²) >= 11 is 0. The normalized spacial score (nSPS) is 24.9. The fourth-order valence-corrected chi connectivity index (χ4v) is 3.34. The maximum Gasteiger partial charge on any atom is 0.283 e. The van der Waals surface area contributed by atoms with Crippen molar-refractivity contribution in [1.29, 1.82) is 0 Å². The molecular formula is C18H21N5O5. The second kappa shape index (κ2) is 6.99. The van der Waals surface area contributed by atoms with Gasteiger partial charge in [0.25, 0.3) is 5.56 Å². The number of hydrogen-bond acceptors (Lipinski definition) is 8. The average molecular weight is 387 g/mol. The van der Waals surface area contributed by atoms with Crippen LogP contribution in [0.15, 0.2) is 35.4 Å². The molecule has 148 valence electrons. The first-order valence-electron chi connectivity index (χ1n) is 8.81. The number of nitrogens with two attached hydrogens (primary N) is 1. The van der Waals surface area contributed by atoms with Crippen molar-refractivity contribution in [2.45, 2.75) is 38.0 Å². The number of ether oxygens (including phenoxy) is 1. The largest absolute Gasteiger partial charge is 0.394 e. The molecule has 5 N–H and O–H groups in total. The number of nitrogens with zero attached hydrogens (tertiary/aromatic N) is 4. The van der Waals surface area contributed by atoms with Crippen LogP contribution in [0.5, 0.6) is 0 Å². The molecule has 0 saturated carbocycles. The van der Waals surface area contributed by atoms with Gasteiger partial charge in [0.05, 0.1) is 19.5 Å². The number of fused-ring (bicyclic) bond motifs is 1. The Labute approximate surface area is 159 Å². The summed E-state index contributed by atoms with van der Waals surface area (Å²) < 4.78 is 8.15. The maximum absolute atomic E-state index is 12.9. The van der Waals surface area contributed by atoms with Crippen LogP contribution < -0.4 is 11.3 Å². The fraction of sp³-hybridized carbons (Fsp3) is 0.389. The molecule has 3 heterocycles. The monoisotopic (exact) mass is 387 g/mol. The van der Waals surface area contributed by atoms with Crippen LogP contribution >= 0.6 is 0 Å². The third-order valence-electron chi connectivity index (χ3n) is 4.96. The number of rotatable bonds is 4. The average Bonchev–Trinajstić information content (AvgIpc) is 3.21. The Kier molecular flexibility index (Phi) is 4.63. The van der Waals surface area contributed by atoms with Crippen molar-refractivity contribution in [2.24, 2.45) is 0 Å². The van der Waals surface area contributed by atoms with E-state index >= 15 is 0 Å². The molecule has 0 unspecified atom stereocenters. The number of nitrogen functional groups attached to an aromatic ring is 1. The number of aliphatic hydroxyl groups is 3. The lowest BCUT2D eigenvalue weighted by atomic mass is 10.1. The smallest absolute Gasteiger partial charge is 0.283 e. The van der Waals surface area contributed by atoms with Crippen LogP contribution in [-0.2, 0) is 11.3 Å². The van der Waals surface area contributed by atoms with Crippen molar-refractivity contribution in [3.05, 3.63) is 52.1 Å². The molecule has 0 amide bonds. The first kappa shape index (κ1) is 18.6. The van der Waals surface area contributed by atoms with Crippen molar-refractivity contribution in [2.75, 3.05) is 12.3 Å². The molecule has 0 spiro atoms. The molecule has 3 aromatic rings. The summed E-state index contributed by atoms with van der Waals surface area (Å²) in [4.78, 5) is 21.3. The Morgan fingerprint density at radius 1 is 1.21 bits per heavy atom. The maximum atomic E-state index is 12.9. The van der Waals surface area contributed by atoms with Gasteiger partial charge in [-0.3, -0.25) is 13.9 Å². The van der Waals surface area contributed by atoms with Crippen molar-refractivity contribution >= 4 is 17.1 Å². The van der Waals surface area contributed by atoms with Gasteiger partial charge < -0.3 is 25.8 Å². The first-order valence-corrected chi connectivity index (χ1v) is 8.81. The van der Waals surface area contributed by atoms with Crippen LogP contribution in [0.25, 0.3) is 11.2 Å². The Morgan fingerprint density at radius 2 is 1.93 bits per heavy atom. The van der Waals surface area contributed by atoms with Crippen LogP contribution in [0.3, 0.4) is 0 Å². The third-order valence-corrected chi connectivity index (χ3v) is 4.96. The highest BCUT2D eigenvalue weighted by Gasteiger charge is 2.44. The van der Waals surface area contributed by atoms with E-state index in [2.05, 4.69) is 9.97 Å². The summed E-state index contributed by atoms with van der Waals surface area (Å²) in [6.07, 6.45) is -3.28. The lowest BCUT2D eigenvalue weighted by Gasteiger charge is -2.17. The van der Waals surface area contributed by atoms with Gasteiger partial charge in [-0.2, -0.15) is 4.98 Å². The first-order chi connectivity index (χ1) is 13.4. The number of aromatic nitrogens is 4. The third kappa shape index (κ3) is 2.96. The predicted octanol–water partition coefficient (Wildman–Crippen LogP) is -0.857. The molecule has 1 aliphatic heterocycles. The molecule has 1 aromatic carbocycles. The summed E-state index contributed by atoms with van der Waals surface area (Å²) in [7, 11) is 0. The van der Waals surface area contributed by atoms with Gasteiger partial charge in [-0.25, -0.2) is 4.98 Å². The van der Waals surface area contributed by atoms with Crippen LogP contribution in [-0.4, -0.2) is 59.3 Å². The van der Waals surface area contributed by atoms with Crippen LogP contribution in [0.2, 0.25) is 0 Å². The van der Waals surface area contributed by atoms with Gasteiger partial charge in [0, 0.05) is 0 Å². The number of aryl methyl sites for hydroxylation is 1. The van der Waals surface area contributed by atoms with E-state index in [1.165, 1.54) is 15.5 Å². The van der Waals surface area contributed by atoms with Crippen molar-refractivity contribution < 1.29 is 20.1 Å². The van der Waals surface area contributed by atoms with Crippen molar-refractivity contribution in [3.63, 3.8) is 0 Å². The van der Waals surface area contributed by atoms with Gasteiger partial charge in [-0.1, -0.05) is 29.8 Å². The van der Waals surface area contributed by atoms with Gasteiger partial charge in [0.2, 0.25) is 5.95 Å². The van der Waals surface area contributed by atoms with Crippen molar-refractivity contribution in [1.82, 2.24) is 19.1 Å². The minimum Gasteiger partial charge on any atom is -0.394 e. The lowest BCUT2D eigenvalue weighted by molar-refractivity contribution is -0.0511. The number of anilines is 1. The van der Waals surface area contributed by atoms with Gasteiger partial charge >= 0.3 is 0 Å². The number of aliphatic hydroxyl groups excluding tert-OH is 3. The van der Waals surface area contributed by atoms with Gasteiger partial charge in [0.15, 0.2) is 17.4 Å². The number of benzene rings is 1. The molecule has 0 radical (unpaired) electrons. The van der Waals surface area contributed by atoms with Gasteiger partial charge in [0.1, 0.15) is 18.3 Å². The summed E-state index contributed by atoms with van der Waals surface area (Å²) in [5.74, 6) is -0.00781. The summed E-state index contributed by atoms with van der Waals surface area (Å²) in [6.45, 7) is 1.76. The van der Waals surface area contributed by atoms with E-state index in [0.29, 0.717) is 0 Å². The molecule has 4 atom stereocenters. The number of hydrogen-bond donors (Lipinski definition) is 4. The minimum absolute atomic E-state index is 0.00781. The van der Waals surface area contributed by atoms with Crippen molar-refractivity contribution in [3.8, 4) is 0 Å². The zero-order chi connectivity index (χ0) is 20.0. The van der Waals surface area contributed by atoms with E-state index < -0.39 is 36.7 Å². The summed E-state index contributed by atoms with van der Waals surface area (Å²) in [6, 6.07) is 7.70. The quantitative estimate of drug-likeness (QED) is 0.452. The molecule has 0 aliphatic carbocycles. The zero-order valence-electron chi connectivity index (χ0n) is 15.1. The minimum atomic E-state index is -1.31. The molecule has 0 bridgehead atoms. The van der Waals surface area contributed by atoms with E-state index in [9.17, 15) is 20.1 Å². The van der Waals surface area contributed by atoms with Gasteiger partial charge in [-0.05, 0) is 12.5 Å². The molecular weight excluding hydrogens is 366 g/mol. The highest BCUT2D eigenvalue weighted by atomic mass is 16.6. The van der Waals surface area contributed by atoms with E-state index in [0.717, 1.165) is 11.1 Å². The topological polar surface area (TPSA) is 149 Å². The standard InChI is InChI=1S/C18H21N5O5/c1-9-2-4-10(5-3-9)6-22-16(27)12-15(21-18(22)19)23(8-20-12)17-14(26)13(25)11(7-24)28-17/h2-5,8,11,13-14,17,24-26H,6-7H2,1H3,(H2,19,21)/t11-,13-,14-,17-/m1/s1. The second-order valence-electron chi connectivity index (χ2n) is 6.90. The summed E-state index contributed by atoms with van der Waals surface area (Å²) in [5, 5.41) is 29.4. The molecule has 4 rings (SSSR count). The Morgan fingerprint density at radius 3 is 2.57 bits per heavy atom. The second-order valence-corrected chi connectivity index (χ2v) is 6.90. The predicted molar refractivity (Wildman–Crippen MR) is 99.5 cm³/mol. The highest BCUT2D eigenvalue weighted by molar-refractivity contribution is 5.71. The van der Waals surface area contributed by atoms with Crippen LogP contribution in [0, 0.1) is 6.92 Å². The summed E-state index contributed by atoms with van der Waals surface area (Å²) in [5.41, 5.74) is 7.81. The molecule has 1 fully saturated rings. The highest BCUT2D eigenvalue weighted by Crippen LogP contribution is 2.30. The zero-order valence-corrected chi connectivity index (χ0v) is 15.1. The van der Waals surface area contributed by atoms with E-state index in [1.54, 1.807) is 0 Å². The van der Waals surface area contributed by atoms with Gasteiger partial charge in [-0.15, -0.1) is 0 Å². The lowest BCUT2D eigenvalue weighted by Crippen LogP contribution is -2.33. The number of imidazole rings is 1. The Balaban J connectivity index is 1.74. The van der Waals surface area contributed by atoms with Crippen LogP contribution in [0.4, 0.5) is 5.95 Å². The molecule has 1 aliphatic rings. The molecule has 2 aromatic heterocycles. The van der Waals surface area contributed by atoms with E-state index in [1.807, 2.05) is 31.2 Å².